The van der Waals surface area contributed by atoms with Crippen LogP contribution in [0.1, 0.15) is 25.7 Å². The highest BCUT2D eigenvalue weighted by atomic mass is 35.5. The summed E-state index contributed by atoms with van der Waals surface area (Å²) < 4.78 is 5.46. The van der Waals surface area contributed by atoms with E-state index in [0.717, 1.165) is 45.4 Å². The number of piperidine rings is 1. The summed E-state index contributed by atoms with van der Waals surface area (Å²) in [6.45, 7) is 3.42. The molecule has 16 heavy (non-hydrogen) atoms. The maximum absolute atomic E-state index is 11.7. The molecule has 0 aliphatic carbocycles. The minimum absolute atomic E-state index is 0. The van der Waals surface area contributed by atoms with Crippen molar-refractivity contribution < 1.29 is 9.53 Å². The summed E-state index contributed by atoms with van der Waals surface area (Å²) in [4.78, 5) is 11.7. The molecule has 1 amide bonds. The molecule has 5 heteroatoms. The Bertz CT molecular complexity index is 214. The molecule has 2 unspecified atom stereocenters. The summed E-state index contributed by atoms with van der Waals surface area (Å²) in [6.07, 6.45) is 4.60. The van der Waals surface area contributed by atoms with Gasteiger partial charge >= 0.3 is 0 Å². The van der Waals surface area contributed by atoms with E-state index in [0.29, 0.717) is 6.54 Å². The van der Waals surface area contributed by atoms with Gasteiger partial charge in [0.2, 0.25) is 5.91 Å². The molecule has 2 fully saturated rings. The van der Waals surface area contributed by atoms with Crippen LogP contribution in [0.2, 0.25) is 0 Å². The zero-order valence-corrected chi connectivity index (χ0v) is 10.4. The number of carbonyl (C=O) groups is 1. The van der Waals surface area contributed by atoms with Crippen molar-refractivity contribution >= 4 is 18.3 Å². The Kier molecular flexibility index (Phi) is 6.09. The van der Waals surface area contributed by atoms with Crippen molar-refractivity contribution in [3.05, 3.63) is 0 Å². The van der Waals surface area contributed by atoms with E-state index in [-0.39, 0.29) is 30.3 Å². The molecular formula is C11H21ClN2O2. The van der Waals surface area contributed by atoms with Crippen LogP contribution in [0.15, 0.2) is 0 Å². The van der Waals surface area contributed by atoms with Crippen LogP contribution in [0.3, 0.4) is 0 Å². The van der Waals surface area contributed by atoms with Crippen LogP contribution < -0.4 is 10.6 Å². The average Bonchev–Trinajstić information content (AvgIpc) is 2.80. The fraction of sp³-hybridized carbons (Fsp3) is 0.909. The minimum Gasteiger partial charge on any atom is -0.376 e. The second-order valence-corrected chi connectivity index (χ2v) is 4.42. The number of hydrogen-bond donors (Lipinski definition) is 2. The minimum atomic E-state index is 0. The van der Waals surface area contributed by atoms with Gasteiger partial charge in [-0.25, -0.2) is 0 Å². The molecule has 0 bridgehead atoms. The Labute approximate surface area is 103 Å². The van der Waals surface area contributed by atoms with Gasteiger partial charge in [0.25, 0.3) is 0 Å². The molecule has 2 aliphatic heterocycles. The molecular weight excluding hydrogens is 228 g/mol. The molecule has 4 nitrogen and oxygen atoms in total. The van der Waals surface area contributed by atoms with Gasteiger partial charge in [-0.1, -0.05) is 0 Å². The molecule has 0 aromatic heterocycles. The van der Waals surface area contributed by atoms with E-state index in [1.165, 1.54) is 0 Å². The van der Waals surface area contributed by atoms with Crippen molar-refractivity contribution in [1.82, 2.24) is 10.6 Å². The topological polar surface area (TPSA) is 50.4 Å². The van der Waals surface area contributed by atoms with Gasteiger partial charge in [-0.2, -0.15) is 0 Å². The fourth-order valence-corrected chi connectivity index (χ4v) is 2.24. The Morgan fingerprint density at radius 3 is 2.88 bits per heavy atom. The van der Waals surface area contributed by atoms with Gasteiger partial charge < -0.3 is 15.4 Å². The van der Waals surface area contributed by atoms with E-state index in [9.17, 15) is 4.79 Å². The van der Waals surface area contributed by atoms with Crippen molar-refractivity contribution in [3.63, 3.8) is 0 Å². The number of ether oxygens (including phenoxy) is 1. The SMILES string of the molecule is Cl.O=C(NCC1CCCO1)C1CCCNC1. The summed E-state index contributed by atoms with van der Waals surface area (Å²) in [5.41, 5.74) is 0. The zero-order valence-electron chi connectivity index (χ0n) is 9.54. The zero-order chi connectivity index (χ0) is 10.5. The predicted octanol–water partition coefficient (Wildman–Crippen LogP) is 0.703. The summed E-state index contributed by atoms with van der Waals surface area (Å²) in [6, 6.07) is 0. The normalized spacial score (nSPS) is 29.5. The highest BCUT2D eigenvalue weighted by molar-refractivity contribution is 5.85. The van der Waals surface area contributed by atoms with Crippen LogP contribution in [-0.2, 0) is 9.53 Å². The number of rotatable bonds is 3. The Morgan fingerprint density at radius 1 is 1.38 bits per heavy atom. The van der Waals surface area contributed by atoms with Gasteiger partial charge in [0.15, 0.2) is 0 Å². The van der Waals surface area contributed by atoms with Gasteiger partial charge in [-0.15, -0.1) is 12.4 Å². The van der Waals surface area contributed by atoms with Crippen molar-refractivity contribution in [2.45, 2.75) is 31.8 Å². The quantitative estimate of drug-likeness (QED) is 0.773. The predicted molar refractivity (Wildman–Crippen MR) is 64.8 cm³/mol. The van der Waals surface area contributed by atoms with Crippen LogP contribution >= 0.6 is 12.4 Å². The standard InChI is InChI=1S/C11H20N2O2.ClH/c14-11(9-3-1-5-12-7-9)13-8-10-4-2-6-15-10;/h9-10,12H,1-8H2,(H,13,14);1H. The van der Waals surface area contributed by atoms with E-state index < -0.39 is 0 Å². The molecule has 2 saturated heterocycles. The second-order valence-electron chi connectivity index (χ2n) is 4.42. The molecule has 2 heterocycles. The first-order chi connectivity index (χ1) is 7.36. The highest BCUT2D eigenvalue weighted by Gasteiger charge is 2.22. The third-order valence-corrected chi connectivity index (χ3v) is 3.20. The number of halogens is 1. The summed E-state index contributed by atoms with van der Waals surface area (Å²) in [7, 11) is 0. The van der Waals surface area contributed by atoms with Gasteiger partial charge in [0.1, 0.15) is 0 Å². The van der Waals surface area contributed by atoms with Crippen LogP contribution in [0.4, 0.5) is 0 Å². The number of hydrogen-bond acceptors (Lipinski definition) is 3. The first kappa shape index (κ1) is 13.7. The van der Waals surface area contributed by atoms with E-state index in [2.05, 4.69) is 10.6 Å². The van der Waals surface area contributed by atoms with E-state index in [1.54, 1.807) is 0 Å². The lowest BCUT2D eigenvalue weighted by Gasteiger charge is -2.22. The average molecular weight is 249 g/mol. The summed E-state index contributed by atoms with van der Waals surface area (Å²) in [5, 5.41) is 6.24. The number of amides is 1. The van der Waals surface area contributed by atoms with Crippen molar-refractivity contribution in [1.29, 1.82) is 0 Å². The Hall–Kier alpha value is -0.320. The molecule has 0 saturated carbocycles. The van der Waals surface area contributed by atoms with Crippen LogP contribution in [-0.4, -0.2) is 38.3 Å². The first-order valence-corrected chi connectivity index (χ1v) is 5.96. The maximum Gasteiger partial charge on any atom is 0.224 e. The highest BCUT2D eigenvalue weighted by Crippen LogP contribution is 2.12. The lowest BCUT2D eigenvalue weighted by Crippen LogP contribution is -2.42. The lowest BCUT2D eigenvalue weighted by molar-refractivity contribution is -0.126. The van der Waals surface area contributed by atoms with E-state index >= 15 is 0 Å². The van der Waals surface area contributed by atoms with Gasteiger partial charge in [-0.05, 0) is 32.2 Å². The van der Waals surface area contributed by atoms with Crippen molar-refractivity contribution in [2.75, 3.05) is 26.2 Å². The lowest BCUT2D eigenvalue weighted by atomic mass is 9.99. The second kappa shape index (κ2) is 7.09. The van der Waals surface area contributed by atoms with Crippen LogP contribution in [0.5, 0.6) is 0 Å². The molecule has 0 aromatic rings. The molecule has 0 radical (unpaired) electrons. The van der Waals surface area contributed by atoms with Crippen molar-refractivity contribution in [2.24, 2.45) is 5.92 Å². The largest absolute Gasteiger partial charge is 0.376 e. The molecule has 2 N–H and O–H groups in total. The molecule has 2 atom stereocenters. The third kappa shape index (κ3) is 3.92. The smallest absolute Gasteiger partial charge is 0.224 e. The van der Waals surface area contributed by atoms with Crippen LogP contribution in [0, 0.1) is 5.92 Å². The molecule has 2 aliphatic rings. The summed E-state index contributed by atoms with van der Waals surface area (Å²) >= 11 is 0. The van der Waals surface area contributed by atoms with Crippen LogP contribution in [0.25, 0.3) is 0 Å². The number of nitrogens with one attached hydrogen (secondary N) is 2. The van der Waals surface area contributed by atoms with E-state index in [1.807, 2.05) is 0 Å². The fourth-order valence-electron chi connectivity index (χ4n) is 2.24. The van der Waals surface area contributed by atoms with Gasteiger partial charge in [0, 0.05) is 19.7 Å². The third-order valence-electron chi connectivity index (χ3n) is 3.20. The maximum atomic E-state index is 11.7. The van der Waals surface area contributed by atoms with E-state index in [4.69, 9.17) is 4.74 Å². The van der Waals surface area contributed by atoms with Gasteiger partial charge in [0.05, 0.1) is 12.0 Å². The number of carbonyl (C=O) groups excluding carboxylic acids is 1. The monoisotopic (exact) mass is 248 g/mol. The van der Waals surface area contributed by atoms with Gasteiger partial charge in [-0.3, -0.25) is 4.79 Å². The molecule has 94 valence electrons. The Morgan fingerprint density at radius 2 is 2.25 bits per heavy atom. The molecule has 0 aromatic carbocycles. The summed E-state index contributed by atoms with van der Waals surface area (Å²) in [5.74, 6) is 0.359. The molecule has 2 rings (SSSR count). The molecule has 0 spiro atoms. The first-order valence-electron chi connectivity index (χ1n) is 5.96. The Balaban J connectivity index is 0.00000128. The van der Waals surface area contributed by atoms with Crippen molar-refractivity contribution in [3.8, 4) is 0 Å².